The van der Waals surface area contributed by atoms with Gasteiger partial charge in [-0.1, -0.05) is 27.2 Å². The van der Waals surface area contributed by atoms with E-state index >= 15 is 0 Å². The fourth-order valence-electron chi connectivity index (χ4n) is 1.32. The second-order valence-corrected chi connectivity index (χ2v) is 4.07. The number of rotatable bonds is 7. The Bertz CT molecular complexity index is 123. The Kier molecular flexibility index (Phi) is 6.35. The summed E-state index contributed by atoms with van der Waals surface area (Å²) >= 11 is 0. The van der Waals surface area contributed by atoms with Crippen LogP contribution in [0.3, 0.4) is 0 Å². The molecule has 0 amide bonds. The molecular formula is C11H25NO. The minimum absolute atomic E-state index is 0.510. The van der Waals surface area contributed by atoms with Crippen LogP contribution in [0.2, 0.25) is 0 Å². The van der Waals surface area contributed by atoms with Crippen molar-refractivity contribution in [3.63, 3.8) is 0 Å². The van der Waals surface area contributed by atoms with Gasteiger partial charge in [-0.2, -0.15) is 0 Å². The molecule has 0 radical (unpaired) electrons. The predicted molar refractivity (Wildman–Crippen MR) is 57.9 cm³/mol. The highest BCUT2D eigenvalue weighted by Gasteiger charge is 2.20. The molecule has 2 heteroatoms. The van der Waals surface area contributed by atoms with Crippen molar-refractivity contribution in [2.75, 3.05) is 19.6 Å². The van der Waals surface area contributed by atoms with E-state index in [9.17, 15) is 5.11 Å². The normalized spacial score (nSPS) is 16.2. The molecule has 0 aliphatic heterocycles. The zero-order chi connectivity index (χ0) is 10.3. The lowest BCUT2D eigenvalue weighted by molar-refractivity contribution is 0.0175. The molecule has 0 rings (SSSR count). The fraction of sp³-hybridized carbons (Fsp3) is 1.00. The molecule has 1 atom stereocenters. The maximum absolute atomic E-state index is 9.88. The van der Waals surface area contributed by atoms with Gasteiger partial charge in [-0.05, 0) is 32.9 Å². The summed E-state index contributed by atoms with van der Waals surface area (Å²) in [5.41, 5.74) is -0.510. The number of likely N-dealkylation sites (N-methyl/N-ethyl adjacent to an activating group) is 1. The van der Waals surface area contributed by atoms with Crippen molar-refractivity contribution < 1.29 is 5.11 Å². The number of hydrogen-bond donors (Lipinski definition) is 1. The first-order chi connectivity index (χ1) is 6.05. The van der Waals surface area contributed by atoms with Gasteiger partial charge in [0.05, 0.1) is 5.60 Å². The zero-order valence-electron chi connectivity index (χ0n) is 9.64. The minimum atomic E-state index is -0.510. The number of aliphatic hydroxyl groups is 1. The summed E-state index contributed by atoms with van der Waals surface area (Å²) in [6.45, 7) is 11.3. The molecule has 1 N–H and O–H groups in total. The van der Waals surface area contributed by atoms with Gasteiger partial charge < -0.3 is 10.0 Å². The molecule has 0 bridgehead atoms. The summed E-state index contributed by atoms with van der Waals surface area (Å²) in [6.07, 6.45) is 3.29. The average Bonchev–Trinajstić information content (AvgIpc) is 2.12. The molecule has 0 heterocycles. The van der Waals surface area contributed by atoms with Gasteiger partial charge in [0.1, 0.15) is 0 Å². The smallest absolute Gasteiger partial charge is 0.0743 e. The van der Waals surface area contributed by atoms with Crippen molar-refractivity contribution in [2.24, 2.45) is 0 Å². The van der Waals surface area contributed by atoms with Gasteiger partial charge >= 0.3 is 0 Å². The Hall–Kier alpha value is -0.0800. The summed E-state index contributed by atoms with van der Waals surface area (Å²) in [4.78, 5) is 2.33. The molecule has 13 heavy (non-hydrogen) atoms. The molecule has 0 aromatic carbocycles. The maximum Gasteiger partial charge on any atom is 0.0743 e. The van der Waals surface area contributed by atoms with E-state index in [1.165, 1.54) is 12.8 Å². The quantitative estimate of drug-likeness (QED) is 0.661. The van der Waals surface area contributed by atoms with Crippen LogP contribution < -0.4 is 0 Å². The first kappa shape index (κ1) is 12.9. The topological polar surface area (TPSA) is 23.5 Å². The third kappa shape index (κ3) is 6.05. The Morgan fingerprint density at radius 1 is 1.23 bits per heavy atom. The minimum Gasteiger partial charge on any atom is -0.389 e. The summed E-state index contributed by atoms with van der Waals surface area (Å²) in [7, 11) is 0. The Morgan fingerprint density at radius 2 is 1.85 bits per heavy atom. The number of unbranched alkanes of at least 4 members (excludes halogenated alkanes) is 1. The summed E-state index contributed by atoms with van der Waals surface area (Å²) in [5.74, 6) is 0. The Balaban J connectivity index is 3.82. The predicted octanol–water partition coefficient (Wildman–Crippen LogP) is 2.27. The van der Waals surface area contributed by atoms with Crippen LogP contribution in [0.4, 0.5) is 0 Å². The second kappa shape index (κ2) is 6.39. The standard InChI is InChI=1S/C11H25NO/c1-5-8-9-12(7-3)10-11(4,13)6-2/h13H,5-10H2,1-4H3. The summed E-state index contributed by atoms with van der Waals surface area (Å²) in [5, 5.41) is 9.88. The molecule has 0 saturated carbocycles. The van der Waals surface area contributed by atoms with Crippen LogP contribution in [-0.4, -0.2) is 35.2 Å². The lowest BCUT2D eigenvalue weighted by atomic mass is 10.0. The van der Waals surface area contributed by atoms with Crippen LogP contribution in [0.1, 0.15) is 47.0 Å². The van der Waals surface area contributed by atoms with Crippen molar-refractivity contribution >= 4 is 0 Å². The van der Waals surface area contributed by atoms with Crippen LogP contribution in [0.5, 0.6) is 0 Å². The van der Waals surface area contributed by atoms with E-state index in [1.807, 2.05) is 13.8 Å². The van der Waals surface area contributed by atoms with E-state index in [0.29, 0.717) is 0 Å². The molecule has 0 aliphatic rings. The highest BCUT2D eigenvalue weighted by Crippen LogP contribution is 2.11. The molecule has 0 aromatic rings. The van der Waals surface area contributed by atoms with Crippen molar-refractivity contribution in [3.8, 4) is 0 Å². The summed E-state index contributed by atoms with van der Waals surface area (Å²) in [6, 6.07) is 0. The van der Waals surface area contributed by atoms with Crippen LogP contribution >= 0.6 is 0 Å². The summed E-state index contributed by atoms with van der Waals surface area (Å²) < 4.78 is 0. The molecule has 2 nitrogen and oxygen atoms in total. The fourth-order valence-corrected chi connectivity index (χ4v) is 1.32. The average molecular weight is 187 g/mol. The lowest BCUT2D eigenvalue weighted by Crippen LogP contribution is -2.40. The van der Waals surface area contributed by atoms with Gasteiger partial charge in [0.15, 0.2) is 0 Å². The number of nitrogens with zero attached hydrogens (tertiary/aromatic N) is 1. The van der Waals surface area contributed by atoms with Gasteiger partial charge in [-0.25, -0.2) is 0 Å². The van der Waals surface area contributed by atoms with E-state index in [1.54, 1.807) is 0 Å². The Morgan fingerprint density at radius 3 is 2.23 bits per heavy atom. The van der Waals surface area contributed by atoms with Crippen molar-refractivity contribution in [1.82, 2.24) is 4.90 Å². The molecule has 0 spiro atoms. The second-order valence-electron chi connectivity index (χ2n) is 4.07. The van der Waals surface area contributed by atoms with Gasteiger partial charge in [0.2, 0.25) is 0 Å². The first-order valence-electron chi connectivity index (χ1n) is 5.50. The van der Waals surface area contributed by atoms with Crippen LogP contribution in [0, 0.1) is 0 Å². The van der Waals surface area contributed by atoms with Crippen LogP contribution in [-0.2, 0) is 0 Å². The van der Waals surface area contributed by atoms with Gasteiger partial charge in [0, 0.05) is 6.54 Å². The third-order valence-electron chi connectivity index (χ3n) is 2.60. The molecular weight excluding hydrogens is 162 g/mol. The highest BCUT2D eigenvalue weighted by atomic mass is 16.3. The van der Waals surface area contributed by atoms with Crippen molar-refractivity contribution in [2.45, 2.75) is 52.6 Å². The van der Waals surface area contributed by atoms with Crippen LogP contribution in [0.25, 0.3) is 0 Å². The monoisotopic (exact) mass is 187 g/mol. The van der Waals surface area contributed by atoms with Gasteiger partial charge in [-0.15, -0.1) is 0 Å². The first-order valence-corrected chi connectivity index (χ1v) is 5.50. The van der Waals surface area contributed by atoms with E-state index in [-0.39, 0.29) is 0 Å². The zero-order valence-corrected chi connectivity index (χ0v) is 9.64. The Labute approximate surface area is 82.9 Å². The van der Waals surface area contributed by atoms with Crippen LogP contribution in [0.15, 0.2) is 0 Å². The van der Waals surface area contributed by atoms with Gasteiger partial charge in [-0.3, -0.25) is 0 Å². The SMILES string of the molecule is CCCCN(CC)CC(C)(O)CC. The maximum atomic E-state index is 9.88. The largest absolute Gasteiger partial charge is 0.389 e. The van der Waals surface area contributed by atoms with Crippen molar-refractivity contribution in [1.29, 1.82) is 0 Å². The van der Waals surface area contributed by atoms with E-state index in [2.05, 4.69) is 18.7 Å². The van der Waals surface area contributed by atoms with E-state index in [0.717, 1.165) is 26.1 Å². The third-order valence-corrected chi connectivity index (χ3v) is 2.60. The highest BCUT2D eigenvalue weighted by molar-refractivity contribution is 4.75. The van der Waals surface area contributed by atoms with E-state index in [4.69, 9.17) is 0 Å². The molecule has 0 fully saturated rings. The van der Waals surface area contributed by atoms with E-state index < -0.39 is 5.60 Å². The number of hydrogen-bond acceptors (Lipinski definition) is 2. The molecule has 1 unspecified atom stereocenters. The molecule has 0 aliphatic carbocycles. The molecule has 80 valence electrons. The van der Waals surface area contributed by atoms with Crippen molar-refractivity contribution in [3.05, 3.63) is 0 Å². The van der Waals surface area contributed by atoms with Gasteiger partial charge in [0.25, 0.3) is 0 Å². The molecule has 0 aromatic heterocycles. The lowest BCUT2D eigenvalue weighted by Gasteiger charge is -2.29. The molecule has 0 saturated heterocycles.